The van der Waals surface area contributed by atoms with Crippen LogP contribution in [0.2, 0.25) is 0 Å². The van der Waals surface area contributed by atoms with Crippen LogP contribution >= 0.6 is 0 Å². The molecule has 0 aliphatic carbocycles. The Morgan fingerprint density at radius 3 is 2.96 bits per heavy atom. The predicted octanol–water partition coefficient (Wildman–Crippen LogP) is 2.99. The summed E-state index contributed by atoms with van der Waals surface area (Å²) in [7, 11) is 0. The number of hydrogen-bond acceptors (Lipinski definition) is 4. The fraction of sp³-hybridized carbons (Fsp3) is 0.318. The van der Waals surface area contributed by atoms with Crippen molar-refractivity contribution in [1.29, 1.82) is 0 Å². The Balaban J connectivity index is 1.46. The smallest absolute Gasteiger partial charge is 0.260 e. The van der Waals surface area contributed by atoms with E-state index in [4.69, 9.17) is 4.74 Å². The van der Waals surface area contributed by atoms with Crippen LogP contribution in [0.3, 0.4) is 0 Å². The molecule has 0 aromatic heterocycles. The number of para-hydroxylation sites is 1. The van der Waals surface area contributed by atoms with Gasteiger partial charge in [0.05, 0.1) is 11.7 Å². The molecule has 2 aromatic carbocycles. The molecule has 0 spiro atoms. The van der Waals surface area contributed by atoms with Crippen molar-refractivity contribution in [3.8, 4) is 0 Å². The van der Waals surface area contributed by atoms with Crippen molar-refractivity contribution < 1.29 is 14.6 Å². The summed E-state index contributed by atoms with van der Waals surface area (Å²) in [6.07, 6.45) is 1.73. The predicted molar refractivity (Wildman–Crippen MR) is 104 cm³/mol. The van der Waals surface area contributed by atoms with Gasteiger partial charge in [0.25, 0.3) is 5.91 Å². The molecule has 2 aromatic rings. The number of fused-ring (bicyclic) bond motifs is 2. The Morgan fingerprint density at radius 1 is 1.19 bits per heavy atom. The van der Waals surface area contributed by atoms with E-state index in [1.807, 2.05) is 24.3 Å². The number of ether oxygens (including phenoxy) is 1. The van der Waals surface area contributed by atoms with Gasteiger partial charge < -0.3 is 15.2 Å². The van der Waals surface area contributed by atoms with Gasteiger partial charge in [-0.15, -0.1) is 0 Å². The van der Waals surface area contributed by atoms with Gasteiger partial charge in [-0.3, -0.25) is 9.69 Å². The topological polar surface area (TPSA) is 61.8 Å². The summed E-state index contributed by atoms with van der Waals surface area (Å²) in [4.78, 5) is 14.8. The maximum absolute atomic E-state index is 12.5. The highest BCUT2D eigenvalue weighted by molar-refractivity contribution is 6.36. The first kappa shape index (κ1) is 16.5. The number of rotatable bonds is 2. The summed E-state index contributed by atoms with van der Waals surface area (Å²) in [5, 5.41) is 12.8. The van der Waals surface area contributed by atoms with Gasteiger partial charge in [0, 0.05) is 35.5 Å². The standard InChI is InChI=1S/C22H22N2O3/c25-16-4-3-9-24(12-16)11-14-7-8-17-15(10-14)13-27-21(17)20-18-5-1-2-6-19(18)23-22(20)26/h1-2,5-8,10,16,25H,3-4,9,11-13H2,(H,23,26). The number of aliphatic hydroxyl groups is 1. The number of anilines is 1. The lowest BCUT2D eigenvalue weighted by Gasteiger charge is -2.30. The molecule has 0 radical (unpaired) electrons. The SMILES string of the molecule is O=C1Nc2ccccc2C1=C1OCc2cc(CN3CCCC(O)C3)ccc21. The zero-order valence-corrected chi connectivity index (χ0v) is 15.1. The first-order chi connectivity index (χ1) is 13.2. The number of nitrogens with zero attached hydrogens (tertiary/aromatic N) is 1. The highest BCUT2D eigenvalue weighted by Gasteiger charge is 2.32. The Hall–Kier alpha value is -2.63. The van der Waals surface area contributed by atoms with Crippen LogP contribution in [0.15, 0.2) is 42.5 Å². The summed E-state index contributed by atoms with van der Waals surface area (Å²) in [5.41, 5.74) is 5.69. The molecular weight excluding hydrogens is 340 g/mol. The highest BCUT2D eigenvalue weighted by Crippen LogP contribution is 2.41. The third kappa shape index (κ3) is 2.93. The van der Waals surface area contributed by atoms with Crippen LogP contribution in [0.4, 0.5) is 5.69 Å². The normalized spacial score (nSPS) is 24.3. The van der Waals surface area contributed by atoms with Crippen LogP contribution in [0.1, 0.15) is 35.1 Å². The number of amides is 1. The van der Waals surface area contributed by atoms with Crippen molar-refractivity contribution in [3.63, 3.8) is 0 Å². The lowest BCUT2D eigenvalue weighted by Crippen LogP contribution is -2.37. The molecule has 5 rings (SSSR count). The van der Waals surface area contributed by atoms with Crippen LogP contribution in [0.25, 0.3) is 11.3 Å². The molecule has 27 heavy (non-hydrogen) atoms. The fourth-order valence-electron chi connectivity index (χ4n) is 4.30. The molecule has 3 heterocycles. The molecule has 2 N–H and O–H groups in total. The molecule has 5 heteroatoms. The second-order valence-electron chi connectivity index (χ2n) is 7.52. The largest absolute Gasteiger partial charge is 0.487 e. The van der Waals surface area contributed by atoms with Crippen LogP contribution in [-0.2, 0) is 22.7 Å². The number of likely N-dealkylation sites (tertiary alicyclic amines) is 1. The molecule has 1 amide bonds. The van der Waals surface area contributed by atoms with Gasteiger partial charge in [-0.2, -0.15) is 0 Å². The Labute approximate surface area is 158 Å². The number of hydrogen-bond donors (Lipinski definition) is 2. The molecule has 1 atom stereocenters. The minimum atomic E-state index is -0.214. The summed E-state index contributed by atoms with van der Waals surface area (Å²) >= 11 is 0. The van der Waals surface area contributed by atoms with Crippen molar-refractivity contribution in [2.24, 2.45) is 0 Å². The molecule has 5 nitrogen and oxygen atoms in total. The number of carbonyl (C=O) groups excluding carboxylic acids is 1. The van der Waals surface area contributed by atoms with Gasteiger partial charge in [-0.1, -0.05) is 36.4 Å². The maximum Gasteiger partial charge on any atom is 0.260 e. The van der Waals surface area contributed by atoms with Gasteiger partial charge in [0.2, 0.25) is 0 Å². The Bertz CT molecular complexity index is 950. The Kier molecular flexibility index (Phi) is 3.99. The van der Waals surface area contributed by atoms with Crippen molar-refractivity contribution in [2.75, 3.05) is 18.4 Å². The quantitative estimate of drug-likeness (QED) is 0.807. The van der Waals surface area contributed by atoms with E-state index in [1.165, 1.54) is 5.56 Å². The van der Waals surface area contributed by atoms with E-state index in [2.05, 4.69) is 28.4 Å². The lowest BCUT2D eigenvalue weighted by atomic mass is 9.98. The third-order valence-corrected chi connectivity index (χ3v) is 5.57. The van der Waals surface area contributed by atoms with Crippen molar-refractivity contribution in [3.05, 3.63) is 64.7 Å². The number of piperidine rings is 1. The molecule has 138 valence electrons. The van der Waals surface area contributed by atoms with Crippen LogP contribution in [0, 0.1) is 0 Å². The second kappa shape index (κ2) is 6.51. The third-order valence-electron chi connectivity index (χ3n) is 5.57. The number of aliphatic hydroxyl groups excluding tert-OH is 1. The molecule has 1 unspecified atom stereocenters. The molecule has 3 aliphatic rings. The highest BCUT2D eigenvalue weighted by atomic mass is 16.5. The monoisotopic (exact) mass is 362 g/mol. The maximum atomic E-state index is 12.5. The van der Waals surface area contributed by atoms with Crippen LogP contribution in [0.5, 0.6) is 0 Å². The van der Waals surface area contributed by atoms with E-state index in [9.17, 15) is 9.90 Å². The first-order valence-electron chi connectivity index (χ1n) is 9.49. The lowest BCUT2D eigenvalue weighted by molar-refractivity contribution is -0.110. The first-order valence-corrected chi connectivity index (χ1v) is 9.49. The van der Waals surface area contributed by atoms with Gasteiger partial charge in [-0.05, 0) is 31.0 Å². The van der Waals surface area contributed by atoms with Crippen LogP contribution in [-0.4, -0.2) is 35.1 Å². The summed E-state index contributed by atoms with van der Waals surface area (Å²) in [6.45, 7) is 3.08. The van der Waals surface area contributed by atoms with Crippen LogP contribution < -0.4 is 5.32 Å². The van der Waals surface area contributed by atoms with Crippen molar-refractivity contribution >= 4 is 22.9 Å². The Morgan fingerprint density at radius 2 is 2.07 bits per heavy atom. The number of carbonyl (C=O) groups is 1. The van der Waals surface area contributed by atoms with E-state index in [0.717, 1.165) is 54.9 Å². The van der Waals surface area contributed by atoms with Gasteiger partial charge in [0.1, 0.15) is 12.4 Å². The zero-order chi connectivity index (χ0) is 18.4. The summed E-state index contributed by atoms with van der Waals surface area (Å²) < 4.78 is 5.96. The zero-order valence-electron chi connectivity index (χ0n) is 15.1. The molecular formula is C22H22N2O3. The van der Waals surface area contributed by atoms with Gasteiger partial charge >= 0.3 is 0 Å². The average molecular weight is 362 g/mol. The molecule has 1 saturated heterocycles. The van der Waals surface area contributed by atoms with E-state index in [1.54, 1.807) is 0 Å². The number of benzene rings is 2. The minimum Gasteiger partial charge on any atom is -0.487 e. The fourth-order valence-corrected chi connectivity index (χ4v) is 4.30. The van der Waals surface area contributed by atoms with Gasteiger partial charge in [0.15, 0.2) is 0 Å². The van der Waals surface area contributed by atoms with Crippen molar-refractivity contribution in [2.45, 2.75) is 32.1 Å². The van der Waals surface area contributed by atoms with E-state index < -0.39 is 0 Å². The number of β-amino-alcohol motifs (C(OH)–C–C–N with tert-alkyl or cyclic N) is 1. The summed E-state index contributed by atoms with van der Waals surface area (Å²) in [6, 6.07) is 14.1. The average Bonchev–Trinajstić information content (AvgIpc) is 3.21. The van der Waals surface area contributed by atoms with E-state index >= 15 is 0 Å². The van der Waals surface area contributed by atoms with Crippen molar-refractivity contribution in [1.82, 2.24) is 4.90 Å². The minimum absolute atomic E-state index is 0.106. The van der Waals surface area contributed by atoms with E-state index in [0.29, 0.717) is 17.9 Å². The molecule has 0 bridgehead atoms. The van der Waals surface area contributed by atoms with E-state index in [-0.39, 0.29) is 12.0 Å². The molecule has 3 aliphatic heterocycles. The number of nitrogens with one attached hydrogen (secondary N) is 1. The second-order valence-corrected chi connectivity index (χ2v) is 7.52. The molecule has 0 saturated carbocycles. The van der Waals surface area contributed by atoms with Gasteiger partial charge in [-0.25, -0.2) is 0 Å². The summed E-state index contributed by atoms with van der Waals surface area (Å²) in [5.74, 6) is 0.567. The molecule has 1 fully saturated rings.